The molecule has 1 aromatic rings. The Labute approximate surface area is 135 Å². The smallest absolute Gasteiger partial charge is 0.246 e. The summed E-state index contributed by atoms with van der Waals surface area (Å²) < 4.78 is 26.3. The van der Waals surface area contributed by atoms with Crippen molar-refractivity contribution in [3.63, 3.8) is 0 Å². The lowest BCUT2D eigenvalue weighted by atomic mass is 10.2. The topological polar surface area (TPSA) is 57.6 Å². The van der Waals surface area contributed by atoms with E-state index in [1.807, 2.05) is 0 Å². The van der Waals surface area contributed by atoms with Crippen molar-refractivity contribution in [3.05, 3.63) is 27.7 Å². The van der Waals surface area contributed by atoms with E-state index in [0.717, 1.165) is 0 Å². The van der Waals surface area contributed by atoms with Crippen LogP contribution in [0.15, 0.2) is 17.0 Å². The molecule has 1 N–H and O–H groups in total. The summed E-state index contributed by atoms with van der Waals surface area (Å²) in [6.07, 6.45) is 0.328. The maximum absolute atomic E-state index is 12.5. The van der Waals surface area contributed by atoms with Crippen LogP contribution in [0.3, 0.4) is 0 Å². The third kappa shape index (κ3) is 4.35. The third-order valence-corrected chi connectivity index (χ3v) is 5.74. The van der Waals surface area contributed by atoms with E-state index < -0.39 is 10.0 Å². The quantitative estimate of drug-likeness (QED) is 0.831. The van der Waals surface area contributed by atoms with Crippen LogP contribution in [-0.4, -0.2) is 37.5 Å². The molecule has 116 valence electrons. The number of sulfonamides is 1. The van der Waals surface area contributed by atoms with Crippen LogP contribution < -0.4 is 0 Å². The van der Waals surface area contributed by atoms with Crippen LogP contribution in [0.25, 0.3) is 0 Å². The van der Waals surface area contributed by atoms with Crippen LogP contribution in [0.5, 0.6) is 0 Å². The Balaban J connectivity index is 3.32. The molecule has 1 rings (SSSR count). The fourth-order valence-corrected chi connectivity index (χ4v) is 4.41. The Morgan fingerprint density at radius 3 is 2.14 bits per heavy atom. The van der Waals surface area contributed by atoms with Crippen molar-refractivity contribution in [2.45, 2.75) is 25.2 Å². The Hall–Kier alpha value is -0.770. The van der Waals surface area contributed by atoms with Crippen LogP contribution in [-0.2, 0) is 10.0 Å². The van der Waals surface area contributed by atoms with Gasteiger partial charge in [0, 0.05) is 25.1 Å². The van der Waals surface area contributed by atoms with Gasteiger partial charge in [0.25, 0.3) is 0 Å². The summed E-state index contributed by atoms with van der Waals surface area (Å²) in [6.45, 7) is 4.13. The SMILES string of the molecule is CCN(CC)S(=O)(=O)c1c(Cl)cc(C#CCCO)cc1Cl. The predicted octanol–water partition coefficient (Wildman–Crippen LogP) is 2.76. The van der Waals surface area contributed by atoms with Gasteiger partial charge in [0.15, 0.2) is 0 Å². The van der Waals surface area contributed by atoms with Crippen LogP contribution in [0, 0.1) is 11.8 Å². The molecule has 1 aromatic carbocycles. The molecular formula is C14H17Cl2NO3S. The van der Waals surface area contributed by atoms with Crippen molar-refractivity contribution in [2.24, 2.45) is 0 Å². The Bertz CT molecular complexity index is 636. The molecule has 0 atom stereocenters. The monoisotopic (exact) mass is 349 g/mol. The predicted molar refractivity (Wildman–Crippen MR) is 85.1 cm³/mol. The summed E-state index contributed by atoms with van der Waals surface area (Å²) in [5, 5.41) is 8.77. The minimum atomic E-state index is -3.72. The molecule has 0 heterocycles. The molecule has 0 aromatic heterocycles. The molecule has 0 bridgehead atoms. The van der Waals surface area contributed by atoms with Crippen molar-refractivity contribution in [1.82, 2.24) is 4.31 Å². The summed E-state index contributed by atoms with van der Waals surface area (Å²) in [7, 11) is -3.72. The first kappa shape index (κ1) is 18.3. The average Bonchev–Trinajstić information content (AvgIpc) is 2.38. The molecule has 0 aliphatic rings. The summed E-state index contributed by atoms with van der Waals surface area (Å²) in [4.78, 5) is -0.0951. The zero-order valence-corrected chi connectivity index (χ0v) is 14.2. The number of benzene rings is 1. The van der Waals surface area contributed by atoms with Gasteiger partial charge in [-0.2, -0.15) is 4.31 Å². The number of hydrogen-bond acceptors (Lipinski definition) is 3. The number of halogens is 2. The first-order valence-corrected chi connectivity index (χ1v) is 8.67. The first-order valence-electron chi connectivity index (χ1n) is 6.47. The lowest BCUT2D eigenvalue weighted by Gasteiger charge is -2.20. The second-order valence-electron chi connectivity index (χ2n) is 4.13. The van der Waals surface area contributed by atoms with Gasteiger partial charge in [-0.05, 0) is 12.1 Å². The van der Waals surface area contributed by atoms with E-state index >= 15 is 0 Å². The van der Waals surface area contributed by atoms with E-state index in [0.29, 0.717) is 25.1 Å². The molecule has 0 aliphatic heterocycles. The van der Waals surface area contributed by atoms with Gasteiger partial charge in [-0.15, -0.1) is 0 Å². The number of aliphatic hydroxyl groups excluding tert-OH is 1. The van der Waals surface area contributed by atoms with Crippen LogP contribution in [0.4, 0.5) is 0 Å². The number of rotatable bonds is 5. The molecule has 0 aliphatic carbocycles. The van der Waals surface area contributed by atoms with Gasteiger partial charge in [0.1, 0.15) is 4.90 Å². The van der Waals surface area contributed by atoms with E-state index in [1.54, 1.807) is 13.8 Å². The highest BCUT2D eigenvalue weighted by molar-refractivity contribution is 7.89. The molecule has 0 saturated heterocycles. The molecule has 0 unspecified atom stereocenters. The highest BCUT2D eigenvalue weighted by atomic mass is 35.5. The van der Waals surface area contributed by atoms with E-state index in [4.69, 9.17) is 28.3 Å². The van der Waals surface area contributed by atoms with Crippen molar-refractivity contribution in [1.29, 1.82) is 0 Å². The lowest BCUT2D eigenvalue weighted by Crippen LogP contribution is -2.31. The molecule has 0 spiro atoms. The molecular weight excluding hydrogens is 333 g/mol. The van der Waals surface area contributed by atoms with Gasteiger partial charge >= 0.3 is 0 Å². The fraction of sp³-hybridized carbons (Fsp3) is 0.429. The lowest BCUT2D eigenvalue weighted by molar-refractivity contribution is 0.305. The Kier molecular flexibility index (Phi) is 6.98. The zero-order valence-electron chi connectivity index (χ0n) is 11.9. The molecule has 0 radical (unpaired) electrons. The molecule has 0 amide bonds. The van der Waals surface area contributed by atoms with E-state index in [2.05, 4.69) is 11.8 Å². The highest BCUT2D eigenvalue weighted by Gasteiger charge is 2.27. The van der Waals surface area contributed by atoms with Crippen LogP contribution in [0.1, 0.15) is 25.8 Å². The van der Waals surface area contributed by atoms with Crippen LogP contribution >= 0.6 is 23.2 Å². The van der Waals surface area contributed by atoms with Gasteiger partial charge in [-0.25, -0.2) is 8.42 Å². The Morgan fingerprint density at radius 1 is 1.19 bits per heavy atom. The summed E-state index contributed by atoms with van der Waals surface area (Å²) >= 11 is 12.2. The zero-order chi connectivity index (χ0) is 16.0. The van der Waals surface area contributed by atoms with Crippen molar-refractivity contribution >= 4 is 33.2 Å². The maximum Gasteiger partial charge on any atom is 0.246 e. The highest BCUT2D eigenvalue weighted by Crippen LogP contribution is 2.32. The van der Waals surface area contributed by atoms with Gasteiger partial charge < -0.3 is 5.11 Å². The minimum Gasteiger partial charge on any atom is -0.395 e. The van der Waals surface area contributed by atoms with Crippen LogP contribution in [0.2, 0.25) is 10.0 Å². The molecule has 4 nitrogen and oxygen atoms in total. The van der Waals surface area contributed by atoms with Gasteiger partial charge in [0.05, 0.1) is 16.7 Å². The van der Waals surface area contributed by atoms with Gasteiger partial charge in [0.2, 0.25) is 10.0 Å². The van der Waals surface area contributed by atoms with Crippen molar-refractivity contribution in [3.8, 4) is 11.8 Å². The normalized spacial score (nSPS) is 11.3. The second kappa shape index (κ2) is 8.02. The van der Waals surface area contributed by atoms with Crippen molar-refractivity contribution < 1.29 is 13.5 Å². The van der Waals surface area contributed by atoms with Gasteiger partial charge in [-0.1, -0.05) is 48.9 Å². The third-order valence-electron chi connectivity index (χ3n) is 2.77. The van der Waals surface area contributed by atoms with E-state index in [9.17, 15) is 8.42 Å². The Morgan fingerprint density at radius 2 is 1.71 bits per heavy atom. The van der Waals surface area contributed by atoms with E-state index in [-0.39, 0.29) is 21.5 Å². The average molecular weight is 350 g/mol. The molecule has 0 saturated carbocycles. The summed E-state index contributed by atoms with van der Waals surface area (Å²) in [5.41, 5.74) is 0.511. The fourth-order valence-electron chi connectivity index (χ4n) is 1.79. The maximum atomic E-state index is 12.5. The minimum absolute atomic E-state index is 0.0388. The summed E-state index contributed by atoms with van der Waals surface area (Å²) in [5.74, 6) is 5.51. The largest absolute Gasteiger partial charge is 0.395 e. The molecule has 7 heteroatoms. The number of nitrogens with zero attached hydrogens (tertiary/aromatic N) is 1. The number of aliphatic hydroxyl groups is 1. The van der Waals surface area contributed by atoms with E-state index in [1.165, 1.54) is 16.4 Å². The number of hydrogen-bond donors (Lipinski definition) is 1. The second-order valence-corrected chi connectivity index (χ2v) is 6.82. The van der Waals surface area contributed by atoms with Crippen molar-refractivity contribution in [2.75, 3.05) is 19.7 Å². The molecule has 21 heavy (non-hydrogen) atoms. The first-order chi connectivity index (χ1) is 9.88. The molecule has 0 fully saturated rings. The van der Waals surface area contributed by atoms with Gasteiger partial charge in [-0.3, -0.25) is 0 Å². The summed E-state index contributed by atoms with van der Waals surface area (Å²) in [6, 6.07) is 2.93. The standard InChI is InChI=1S/C14H17Cl2NO3S/c1-3-17(4-2)21(19,20)14-12(15)9-11(10-13(14)16)7-5-6-8-18/h9-10,18H,3-4,6,8H2,1-2H3.